The van der Waals surface area contributed by atoms with E-state index in [0.717, 1.165) is 34.6 Å². The van der Waals surface area contributed by atoms with Crippen LogP contribution >= 0.6 is 11.6 Å². The number of halogens is 1. The predicted molar refractivity (Wildman–Crippen MR) is 100 cm³/mol. The van der Waals surface area contributed by atoms with Crippen molar-refractivity contribution in [2.45, 2.75) is 33.1 Å². The molecule has 2 N–H and O–H groups in total. The number of nitrogen functional groups attached to an aromatic ring is 1. The average Bonchev–Trinajstić information content (AvgIpc) is 3.17. The van der Waals surface area contributed by atoms with Crippen molar-refractivity contribution < 1.29 is 4.79 Å². The summed E-state index contributed by atoms with van der Waals surface area (Å²) < 4.78 is 1.63. The van der Waals surface area contributed by atoms with Crippen molar-refractivity contribution in [1.29, 1.82) is 0 Å². The van der Waals surface area contributed by atoms with Crippen LogP contribution in [0.25, 0.3) is 5.78 Å². The van der Waals surface area contributed by atoms with Crippen LogP contribution in [-0.2, 0) is 17.6 Å². The van der Waals surface area contributed by atoms with Crippen molar-refractivity contribution in [3.8, 4) is 0 Å². The number of benzene rings is 1. The minimum Gasteiger partial charge on any atom is -0.366 e. The summed E-state index contributed by atoms with van der Waals surface area (Å²) in [5.41, 5.74) is 10.5. The number of nitrogens with two attached hydrogens (primary N) is 1. The molecule has 1 aliphatic rings. The molecule has 0 saturated heterocycles. The number of aromatic nitrogens is 4. The number of carbonyl (C=O) groups excluding carboxylic acids is 1. The zero-order valence-corrected chi connectivity index (χ0v) is 15.4. The lowest BCUT2D eigenvalue weighted by atomic mass is 10.1. The smallest absolute Gasteiger partial charge is 0.254 e. The van der Waals surface area contributed by atoms with Gasteiger partial charge < -0.3 is 10.6 Å². The SMILES string of the molecule is Cc1nc2nc(N)nn2c(C)c1CCC(=O)N1CCc2cc(Cl)ccc21. The molecule has 0 atom stereocenters. The highest BCUT2D eigenvalue weighted by Crippen LogP contribution is 2.31. The van der Waals surface area contributed by atoms with E-state index in [0.29, 0.717) is 30.2 Å². The van der Waals surface area contributed by atoms with Gasteiger partial charge in [0.05, 0.1) is 0 Å². The van der Waals surface area contributed by atoms with Gasteiger partial charge in [0.15, 0.2) is 0 Å². The molecule has 4 rings (SSSR count). The number of fused-ring (bicyclic) bond motifs is 2. The molecule has 3 aromatic rings. The number of amides is 1. The van der Waals surface area contributed by atoms with Crippen molar-refractivity contribution in [1.82, 2.24) is 19.6 Å². The van der Waals surface area contributed by atoms with Crippen LogP contribution in [0.2, 0.25) is 5.02 Å². The van der Waals surface area contributed by atoms with Gasteiger partial charge in [0.1, 0.15) is 0 Å². The first kappa shape index (κ1) is 16.8. The molecule has 134 valence electrons. The molecule has 0 fully saturated rings. The van der Waals surface area contributed by atoms with E-state index in [1.165, 1.54) is 0 Å². The fourth-order valence-electron chi connectivity index (χ4n) is 3.58. The van der Waals surface area contributed by atoms with Gasteiger partial charge in [-0.1, -0.05) is 11.6 Å². The fourth-order valence-corrected chi connectivity index (χ4v) is 3.78. The largest absolute Gasteiger partial charge is 0.366 e. The van der Waals surface area contributed by atoms with Gasteiger partial charge in [0, 0.05) is 35.1 Å². The molecule has 0 bridgehead atoms. The van der Waals surface area contributed by atoms with Crippen LogP contribution in [0.4, 0.5) is 11.6 Å². The van der Waals surface area contributed by atoms with Gasteiger partial charge in [0.25, 0.3) is 5.78 Å². The topological polar surface area (TPSA) is 89.4 Å². The standard InChI is InChI=1S/C18H19ClN6O/c1-10-14(11(2)25-18(21-10)22-17(20)23-25)4-6-16(26)24-8-7-12-9-13(19)3-5-15(12)24/h3,5,9H,4,6-8H2,1-2H3,(H2,20,23). The Kier molecular flexibility index (Phi) is 4.03. The highest BCUT2D eigenvalue weighted by Gasteiger charge is 2.25. The Bertz CT molecular complexity index is 1030. The molecule has 1 amide bonds. The molecule has 1 aromatic carbocycles. The van der Waals surface area contributed by atoms with E-state index < -0.39 is 0 Å². The van der Waals surface area contributed by atoms with E-state index in [-0.39, 0.29) is 11.9 Å². The number of hydrogen-bond donors (Lipinski definition) is 1. The van der Waals surface area contributed by atoms with Crippen LogP contribution in [0.1, 0.15) is 28.9 Å². The van der Waals surface area contributed by atoms with Crippen LogP contribution in [0, 0.1) is 13.8 Å². The van der Waals surface area contributed by atoms with Crippen molar-refractivity contribution >= 4 is 34.9 Å². The molecular formula is C18H19ClN6O. The Morgan fingerprint density at radius 3 is 2.92 bits per heavy atom. The molecule has 1 aliphatic heterocycles. The number of aryl methyl sites for hydroxylation is 2. The highest BCUT2D eigenvalue weighted by molar-refractivity contribution is 6.30. The lowest BCUT2D eigenvalue weighted by molar-refractivity contribution is -0.118. The maximum Gasteiger partial charge on any atom is 0.254 e. The first-order chi connectivity index (χ1) is 12.4. The molecule has 0 spiro atoms. The maximum atomic E-state index is 12.8. The Labute approximate surface area is 155 Å². The number of carbonyl (C=O) groups is 1. The molecule has 2 aromatic heterocycles. The summed E-state index contributed by atoms with van der Waals surface area (Å²) >= 11 is 6.04. The Morgan fingerprint density at radius 2 is 2.12 bits per heavy atom. The average molecular weight is 371 g/mol. The summed E-state index contributed by atoms with van der Waals surface area (Å²) in [6, 6.07) is 5.68. The number of hydrogen-bond acceptors (Lipinski definition) is 5. The van der Waals surface area contributed by atoms with Crippen LogP contribution in [-0.4, -0.2) is 32.0 Å². The zero-order chi connectivity index (χ0) is 18.4. The van der Waals surface area contributed by atoms with Crippen LogP contribution in [0.3, 0.4) is 0 Å². The summed E-state index contributed by atoms with van der Waals surface area (Å²) in [4.78, 5) is 23.2. The Balaban J connectivity index is 1.55. The normalized spacial score (nSPS) is 13.4. The summed E-state index contributed by atoms with van der Waals surface area (Å²) in [7, 11) is 0. The minimum absolute atomic E-state index is 0.100. The number of anilines is 2. The first-order valence-electron chi connectivity index (χ1n) is 8.51. The van der Waals surface area contributed by atoms with Crippen LogP contribution < -0.4 is 10.6 Å². The molecule has 0 radical (unpaired) electrons. The van der Waals surface area contributed by atoms with E-state index >= 15 is 0 Å². The molecular weight excluding hydrogens is 352 g/mol. The van der Waals surface area contributed by atoms with E-state index in [9.17, 15) is 4.79 Å². The molecule has 3 heterocycles. The second kappa shape index (κ2) is 6.25. The zero-order valence-electron chi connectivity index (χ0n) is 14.7. The number of rotatable bonds is 3. The second-order valence-corrected chi connectivity index (χ2v) is 6.95. The van der Waals surface area contributed by atoms with E-state index in [4.69, 9.17) is 17.3 Å². The van der Waals surface area contributed by atoms with Crippen molar-refractivity contribution in [3.63, 3.8) is 0 Å². The minimum atomic E-state index is 0.100. The quantitative estimate of drug-likeness (QED) is 0.765. The second-order valence-electron chi connectivity index (χ2n) is 6.51. The van der Waals surface area contributed by atoms with E-state index in [1.807, 2.05) is 36.9 Å². The summed E-state index contributed by atoms with van der Waals surface area (Å²) in [6.07, 6.45) is 1.84. The molecule has 7 nitrogen and oxygen atoms in total. The molecule has 0 saturated carbocycles. The first-order valence-corrected chi connectivity index (χ1v) is 8.89. The van der Waals surface area contributed by atoms with Crippen molar-refractivity contribution in [2.75, 3.05) is 17.2 Å². The van der Waals surface area contributed by atoms with Gasteiger partial charge in [-0.05, 0) is 56.0 Å². The highest BCUT2D eigenvalue weighted by atomic mass is 35.5. The van der Waals surface area contributed by atoms with E-state index in [1.54, 1.807) is 4.52 Å². The Morgan fingerprint density at radius 1 is 1.31 bits per heavy atom. The van der Waals surface area contributed by atoms with Crippen LogP contribution in [0.5, 0.6) is 0 Å². The third-order valence-electron chi connectivity index (χ3n) is 4.89. The maximum absolute atomic E-state index is 12.8. The number of nitrogens with zero attached hydrogens (tertiary/aromatic N) is 5. The summed E-state index contributed by atoms with van der Waals surface area (Å²) in [5.74, 6) is 0.779. The fraction of sp³-hybridized carbons (Fsp3) is 0.333. The van der Waals surface area contributed by atoms with Gasteiger partial charge in [-0.25, -0.2) is 4.98 Å². The predicted octanol–water partition coefficient (Wildman–Crippen LogP) is 2.50. The monoisotopic (exact) mass is 370 g/mol. The molecule has 0 aliphatic carbocycles. The van der Waals surface area contributed by atoms with Gasteiger partial charge >= 0.3 is 0 Å². The lowest BCUT2D eigenvalue weighted by Gasteiger charge is -2.18. The van der Waals surface area contributed by atoms with Crippen molar-refractivity contribution in [2.24, 2.45) is 0 Å². The van der Waals surface area contributed by atoms with Gasteiger partial charge in [-0.2, -0.15) is 9.50 Å². The lowest BCUT2D eigenvalue weighted by Crippen LogP contribution is -2.29. The molecule has 0 unspecified atom stereocenters. The molecule has 26 heavy (non-hydrogen) atoms. The molecule has 8 heteroatoms. The van der Waals surface area contributed by atoms with Crippen LogP contribution in [0.15, 0.2) is 18.2 Å². The van der Waals surface area contributed by atoms with Gasteiger partial charge in [-0.15, -0.1) is 5.10 Å². The Hall–Kier alpha value is -2.67. The van der Waals surface area contributed by atoms with E-state index in [2.05, 4.69) is 15.1 Å². The third-order valence-corrected chi connectivity index (χ3v) is 5.13. The third kappa shape index (κ3) is 2.78. The van der Waals surface area contributed by atoms with Gasteiger partial charge in [0.2, 0.25) is 11.9 Å². The van der Waals surface area contributed by atoms with Gasteiger partial charge in [-0.3, -0.25) is 4.79 Å². The summed E-state index contributed by atoms with van der Waals surface area (Å²) in [5, 5.41) is 4.87. The summed E-state index contributed by atoms with van der Waals surface area (Å²) in [6.45, 7) is 4.57. The van der Waals surface area contributed by atoms with Crippen molar-refractivity contribution in [3.05, 3.63) is 45.7 Å².